The van der Waals surface area contributed by atoms with E-state index >= 15 is 0 Å². The molecule has 0 spiro atoms. The van der Waals surface area contributed by atoms with Gasteiger partial charge in [-0.2, -0.15) is 17.0 Å². The lowest BCUT2D eigenvalue weighted by Gasteiger charge is -2.40. The second kappa shape index (κ2) is 6.68. The first-order valence-electron chi connectivity index (χ1n) is 6.31. The van der Waals surface area contributed by atoms with Crippen LogP contribution in [0.15, 0.2) is 0 Å². The van der Waals surface area contributed by atoms with Crippen molar-refractivity contribution in [1.29, 1.82) is 0 Å². The molecule has 0 rings (SSSR count). The first-order valence-corrected chi connectivity index (χ1v) is 7.71. The van der Waals surface area contributed by atoms with Crippen molar-refractivity contribution in [2.75, 3.05) is 26.2 Å². The number of hydrogen-bond acceptors (Lipinski definition) is 3. The predicted molar refractivity (Wildman–Crippen MR) is 72.0 cm³/mol. The van der Waals surface area contributed by atoms with Crippen LogP contribution in [-0.4, -0.2) is 48.7 Å². The van der Waals surface area contributed by atoms with Gasteiger partial charge in [-0.05, 0) is 13.3 Å². The molecule has 0 aromatic heterocycles. The van der Waals surface area contributed by atoms with Crippen molar-refractivity contribution in [2.24, 2.45) is 5.73 Å². The molecule has 0 aliphatic carbocycles. The molecule has 0 bridgehead atoms. The summed E-state index contributed by atoms with van der Waals surface area (Å²) in [6, 6.07) is 0. The molecule has 0 aliphatic rings. The SMILES string of the molecule is CCN(CC)S(=O)(=O)N(CC)C(C)(CC)CN. The third kappa shape index (κ3) is 3.40. The van der Waals surface area contributed by atoms with Crippen molar-refractivity contribution in [3.63, 3.8) is 0 Å². The van der Waals surface area contributed by atoms with Crippen LogP contribution >= 0.6 is 0 Å². The Hall–Kier alpha value is -0.170. The molecule has 17 heavy (non-hydrogen) atoms. The Balaban J connectivity index is 5.38. The van der Waals surface area contributed by atoms with Crippen molar-refractivity contribution in [1.82, 2.24) is 8.61 Å². The van der Waals surface area contributed by atoms with Crippen LogP contribution in [0.3, 0.4) is 0 Å². The molecular formula is C11H27N3O2S. The van der Waals surface area contributed by atoms with E-state index < -0.39 is 15.7 Å². The number of nitrogens with two attached hydrogens (primary N) is 1. The van der Waals surface area contributed by atoms with Gasteiger partial charge in [-0.15, -0.1) is 0 Å². The van der Waals surface area contributed by atoms with E-state index in [1.54, 1.807) is 0 Å². The minimum atomic E-state index is -3.41. The number of likely N-dealkylation sites (N-methyl/N-ethyl adjacent to an activating group) is 1. The van der Waals surface area contributed by atoms with E-state index in [0.717, 1.165) is 0 Å². The van der Waals surface area contributed by atoms with Crippen LogP contribution < -0.4 is 5.73 Å². The van der Waals surface area contributed by atoms with E-state index in [1.165, 1.54) is 8.61 Å². The van der Waals surface area contributed by atoms with Crippen LogP contribution in [0.5, 0.6) is 0 Å². The molecule has 0 saturated carbocycles. The maximum Gasteiger partial charge on any atom is 0.282 e. The molecule has 104 valence electrons. The molecule has 5 nitrogen and oxygen atoms in total. The van der Waals surface area contributed by atoms with Gasteiger partial charge in [0.1, 0.15) is 0 Å². The summed E-state index contributed by atoms with van der Waals surface area (Å²) in [5.74, 6) is 0. The molecule has 0 aromatic rings. The zero-order valence-corrected chi connectivity index (χ0v) is 12.5. The van der Waals surface area contributed by atoms with E-state index in [-0.39, 0.29) is 0 Å². The fourth-order valence-electron chi connectivity index (χ4n) is 1.94. The van der Waals surface area contributed by atoms with Crippen LogP contribution in [0.1, 0.15) is 41.0 Å². The second-order valence-electron chi connectivity index (χ2n) is 4.31. The van der Waals surface area contributed by atoms with Gasteiger partial charge in [0.2, 0.25) is 0 Å². The molecule has 2 N–H and O–H groups in total. The zero-order valence-electron chi connectivity index (χ0n) is 11.7. The highest BCUT2D eigenvalue weighted by Crippen LogP contribution is 2.23. The molecule has 0 aliphatic heterocycles. The van der Waals surface area contributed by atoms with Gasteiger partial charge in [-0.1, -0.05) is 27.7 Å². The Kier molecular flexibility index (Phi) is 6.61. The van der Waals surface area contributed by atoms with Gasteiger partial charge in [0.25, 0.3) is 10.2 Å². The summed E-state index contributed by atoms with van der Waals surface area (Å²) >= 11 is 0. The molecule has 1 unspecified atom stereocenters. The second-order valence-corrected chi connectivity index (χ2v) is 6.16. The van der Waals surface area contributed by atoms with Gasteiger partial charge < -0.3 is 5.73 Å². The molecule has 0 saturated heterocycles. The van der Waals surface area contributed by atoms with Crippen molar-refractivity contribution >= 4 is 10.2 Å². The first-order chi connectivity index (χ1) is 7.83. The molecule has 0 amide bonds. The zero-order chi connectivity index (χ0) is 13.7. The average molecular weight is 265 g/mol. The molecule has 0 aromatic carbocycles. The maximum atomic E-state index is 12.5. The molecule has 6 heteroatoms. The third-order valence-corrected chi connectivity index (χ3v) is 5.83. The summed E-state index contributed by atoms with van der Waals surface area (Å²) in [7, 11) is -3.41. The maximum absolute atomic E-state index is 12.5. The lowest BCUT2D eigenvalue weighted by Crippen LogP contribution is -2.57. The third-order valence-electron chi connectivity index (χ3n) is 3.40. The minimum absolute atomic E-state index is 0.331. The Bertz CT molecular complexity index is 309. The smallest absolute Gasteiger partial charge is 0.282 e. The van der Waals surface area contributed by atoms with E-state index in [1.807, 2.05) is 34.6 Å². The molecule has 1 atom stereocenters. The lowest BCUT2D eigenvalue weighted by molar-refractivity contribution is 0.198. The van der Waals surface area contributed by atoms with Gasteiger partial charge >= 0.3 is 0 Å². The first kappa shape index (κ1) is 16.8. The minimum Gasteiger partial charge on any atom is -0.329 e. The Labute approximate surface area is 106 Å². The van der Waals surface area contributed by atoms with Gasteiger partial charge in [0.15, 0.2) is 0 Å². The van der Waals surface area contributed by atoms with Crippen molar-refractivity contribution in [3.05, 3.63) is 0 Å². The lowest BCUT2D eigenvalue weighted by atomic mass is 9.99. The van der Waals surface area contributed by atoms with Crippen LogP contribution in [0.4, 0.5) is 0 Å². The number of hydrogen-bond donors (Lipinski definition) is 1. The normalized spacial score (nSPS) is 16.5. The van der Waals surface area contributed by atoms with E-state index in [9.17, 15) is 8.42 Å². The predicted octanol–water partition coefficient (Wildman–Crippen LogP) is 1.02. The number of rotatable bonds is 8. The van der Waals surface area contributed by atoms with Crippen LogP contribution in [0.25, 0.3) is 0 Å². The van der Waals surface area contributed by atoms with Crippen molar-refractivity contribution < 1.29 is 8.42 Å². The largest absolute Gasteiger partial charge is 0.329 e. The van der Waals surface area contributed by atoms with Crippen molar-refractivity contribution in [3.8, 4) is 0 Å². The molecule has 0 heterocycles. The van der Waals surface area contributed by atoms with Gasteiger partial charge in [0.05, 0.1) is 0 Å². The van der Waals surface area contributed by atoms with E-state index in [4.69, 9.17) is 5.73 Å². The summed E-state index contributed by atoms with van der Waals surface area (Å²) in [5, 5.41) is 0. The Morgan fingerprint density at radius 2 is 1.53 bits per heavy atom. The summed E-state index contributed by atoms with van der Waals surface area (Å²) in [5.41, 5.74) is 5.25. The summed E-state index contributed by atoms with van der Waals surface area (Å²) < 4.78 is 28.0. The van der Waals surface area contributed by atoms with Crippen LogP contribution in [0.2, 0.25) is 0 Å². The quantitative estimate of drug-likeness (QED) is 0.712. The molecule has 0 fully saturated rings. The highest BCUT2D eigenvalue weighted by atomic mass is 32.2. The Morgan fingerprint density at radius 3 is 1.76 bits per heavy atom. The molecule has 0 radical (unpaired) electrons. The van der Waals surface area contributed by atoms with Gasteiger partial charge in [0, 0.05) is 31.7 Å². The summed E-state index contributed by atoms with van der Waals surface area (Å²) in [6.45, 7) is 11.2. The van der Waals surface area contributed by atoms with E-state index in [2.05, 4.69) is 0 Å². The highest BCUT2D eigenvalue weighted by molar-refractivity contribution is 7.86. The van der Waals surface area contributed by atoms with Gasteiger partial charge in [-0.3, -0.25) is 0 Å². The van der Waals surface area contributed by atoms with E-state index in [0.29, 0.717) is 32.6 Å². The highest BCUT2D eigenvalue weighted by Gasteiger charge is 2.38. The molecular weight excluding hydrogens is 238 g/mol. The topological polar surface area (TPSA) is 66.6 Å². The standard InChI is InChI=1S/C11H27N3O2S/c1-6-11(5,10-12)14(9-4)17(15,16)13(7-2)8-3/h6-10,12H2,1-5H3. The fourth-order valence-corrected chi connectivity index (χ4v) is 3.95. The van der Waals surface area contributed by atoms with Crippen LogP contribution in [0, 0.1) is 0 Å². The fraction of sp³-hybridized carbons (Fsp3) is 1.00. The van der Waals surface area contributed by atoms with Crippen LogP contribution in [-0.2, 0) is 10.2 Å². The van der Waals surface area contributed by atoms with Crippen molar-refractivity contribution in [2.45, 2.75) is 46.6 Å². The average Bonchev–Trinajstić information content (AvgIpc) is 2.30. The Morgan fingerprint density at radius 1 is 1.06 bits per heavy atom. The monoisotopic (exact) mass is 265 g/mol. The van der Waals surface area contributed by atoms with Gasteiger partial charge in [-0.25, -0.2) is 0 Å². The number of nitrogens with zero attached hydrogens (tertiary/aromatic N) is 2. The summed E-state index contributed by atoms with van der Waals surface area (Å²) in [6.07, 6.45) is 0.706. The summed E-state index contributed by atoms with van der Waals surface area (Å²) in [4.78, 5) is 0.